The van der Waals surface area contributed by atoms with Crippen LogP contribution in [0.5, 0.6) is 0 Å². The van der Waals surface area contributed by atoms with Gasteiger partial charge in [-0.05, 0) is 25.5 Å². The number of anilines is 1. The number of hydrogen-bond acceptors (Lipinski definition) is 6. The van der Waals surface area contributed by atoms with Gasteiger partial charge < -0.3 is 4.52 Å². The molecule has 25 heavy (non-hydrogen) atoms. The fourth-order valence-electron chi connectivity index (χ4n) is 2.40. The quantitative estimate of drug-likeness (QED) is 0.538. The Hall–Kier alpha value is -2.61. The zero-order chi connectivity index (χ0) is 17.8. The van der Waals surface area contributed by atoms with E-state index in [1.165, 1.54) is 11.8 Å². The molecule has 0 aliphatic rings. The first-order valence-corrected chi connectivity index (χ1v) is 8.92. The lowest BCUT2D eigenvalue weighted by Gasteiger charge is -2.11. The first-order chi connectivity index (χ1) is 12.1. The molecule has 8 heteroatoms. The highest BCUT2D eigenvalue weighted by Crippen LogP contribution is 2.19. The number of carbonyl (C=O) groups is 1. The van der Waals surface area contributed by atoms with Crippen LogP contribution in [0.4, 0.5) is 5.88 Å². The maximum atomic E-state index is 12.7. The molecular formula is C17H18N4O3S. The van der Waals surface area contributed by atoms with Crippen LogP contribution in [0.15, 0.2) is 44.8 Å². The van der Waals surface area contributed by atoms with E-state index in [1.807, 2.05) is 19.1 Å². The van der Waals surface area contributed by atoms with Crippen molar-refractivity contribution >= 4 is 34.5 Å². The number of nitrogens with zero attached hydrogens (tertiary/aromatic N) is 3. The second kappa shape index (κ2) is 7.52. The third kappa shape index (κ3) is 3.90. The normalized spacial score (nSPS) is 11.0. The Kier molecular flexibility index (Phi) is 5.18. The van der Waals surface area contributed by atoms with Gasteiger partial charge in [-0.15, -0.1) is 0 Å². The summed E-state index contributed by atoms with van der Waals surface area (Å²) in [6, 6.07) is 8.87. The lowest BCUT2D eigenvalue weighted by Crippen LogP contribution is -2.24. The molecule has 0 saturated heterocycles. The van der Waals surface area contributed by atoms with Crippen molar-refractivity contribution in [1.82, 2.24) is 14.7 Å². The van der Waals surface area contributed by atoms with Gasteiger partial charge >= 0.3 is 0 Å². The van der Waals surface area contributed by atoms with Crippen LogP contribution in [0, 0.1) is 6.92 Å². The van der Waals surface area contributed by atoms with Crippen LogP contribution in [0.2, 0.25) is 0 Å². The maximum Gasteiger partial charge on any atom is 0.262 e. The van der Waals surface area contributed by atoms with Gasteiger partial charge in [0.15, 0.2) is 5.16 Å². The van der Waals surface area contributed by atoms with Crippen LogP contribution in [0.3, 0.4) is 0 Å². The molecule has 0 aliphatic heterocycles. The summed E-state index contributed by atoms with van der Waals surface area (Å²) in [5.41, 5.74) is 1.24. The van der Waals surface area contributed by atoms with E-state index in [0.717, 1.165) is 6.42 Å². The second-order valence-corrected chi connectivity index (χ2v) is 6.48. The van der Waals surface area contributed by atoms with Crippen LogP contribution >= 0.6 is 11.8 Å². The maximum absolute atomic E-state index is 12.7. The molecule has 3 rings (SSSR count). The average Bonchev–Trinajstić information content (AvgIpc) is 3.01. The highest BCUT2D eigenvalue weighted by Gasteiger charge is 2.13. The summed E-state index contributed by atoms with van der Waals surface area (Å²) < 4.78 is 6.59. The van der Waals surface area contributed by atoms with E-state index in [2.05, 4.69) is 15.5 Å². The second-order valence-electron chi connectivity index (χ2n) is 5.54. The number of para-hydroxylation sites is 1. The molecule has 1 amide bonds. The van der Waals surface area contributed by atoms with E-state index in [0.29, 0.717) is 34.2 Å². The fraction of sp³-hybridized carbons (Fsp3) is 0.294. The molecule has 7 nitrogen and oxygen atoms in total. The summed E-state index contributed by atoms with van der Waals surface area (Å²) in [6.45, 7) is 4.33. The fourth-order valence-corrected chi connectivity index (χ4v) is 3.23. The minimum Gasteiger partial charge on any atom is -0.338 e. The summed E-state index contributed by atoms with van der Waals surface area (Å²) in [6.07, 6.45) is 0.803. The molecule has 0 fully saturated rings. The van der Waals surface area contributed by atoms with Gasteiger partial charge in [-0.2, -0.15) is 0 Å². The number of amides is 1. The highest BCUT2D eigenvalue weighted by atomic mass is 32.2. The van der Waals surface area contributed by atoms with Gasteiger partial charge in [-0.1, -0.05) is 36.0 Å². The number of carbonyl (C=O) groups excluding carboxylic acids is 1. The number of rotatable bonds is 6. The topological polar surface area (TPSA) is 90.0 Å². The molecule has 0 bridgehead atoms. The Bertz CT molecular complexity index is 964. The molecule has 1 N–H and O–H groups in total. The molecule has 0 unspecified atom stereocenters. The lowest BCUT2D eigenvalue weighted by atomic mass is 10.2. The van der Waals surface area contributed by atoms with Crippen LogP contribution in [0.25, 0.3) is 10.9 Å². The zero-order valence-corrected chi connectivity index (χ0v) is 14.8. The monoisotopic (exact) mass is 358 g/mol. The molecule has 0 atom stereocenters. The number of fused-ring (bicyclic) bond motifs is 1. The molecule has 3 aromatic rings. The van der Waals surface area contributed by atoms with Gasteiger partial charge in [0, 0.05) is 12.6 Å². The van der Waals surface area contributed by atoms with Crippen molar-refractivity contribution in [3.63, 3.8) is 0 Å². The smallest absolute Gasteiger partial charge is 0.262 e. The highest BCUT2D eigenvalue weighted by molar-refractivity contribution is 7.99. The van der Waals surface area contributed by atoms with Gasteiger partial charge in [0.05, 0.1) is 22.3 Å². The number of nitrogens with one attached hydrogen (secondary N) is 1. The Balaban J connectivity index is 1.81. The van der Waals surface area contributed by atoms with Crippen molar-refractivity contribution in [3.05, 3.63) is 46.4 Å². The molecular weight excluding hydrogens is 340 g/mol. The largest absolute Gasteiger partial charge is 0.338 e. The first kappa shape index (κ1) is 17.2. The van der Waals surface area contributed by atoms with Gasteiger partial charge in [0.1, 0.15) is 0 Å². The summed E-state index contributed by atoms with van der Waals surface area (Å²) in [4.78, 5) is 29.3. The molecule has 0 spiro atoms. The number of benzene rings is 1. The SMILES string of the molecule is CCCn1c(SCC(=O)Nc2cc(C)no2)nc2ccccc2c1=O. The Morgan fingerprint density at radius 2 is 2.16 bits per heavy atom. The molecule has 2 aromatic heterocycles. The van der Waals surface area contributed by atoms with Gasteiger partial charge in [0.2, 0.25) is 11.8 Å². The molecule has 2 heterocycles. The Labute approximate surface area is 148 Å². The van der Waals surface area contributed by atoms with E-state index in [1.54, 1.807) is 29.7 Å². The minimum absolute atomic E-state index is 0.0822. The van der Waals surface area contributed by atoms with Crippen LogP contribution in [0.1, 0.15) is 19.0 Å². The zero-order valence-electron chi connectivity index (χ0n) is 14.0. The van der Waals surface area contributed by atoms with Gasteiger partial charge in [-0.3, -0.25) is 19.5 Å². The summed E-state index contributed by atoms with van der Waals surface area (Å²) >= 11 is 1.23. The van der Waals surface area contributed by atoms with Crippen LogP contribution in [-0.4, -0.2) is 26.4 Å². The molecule has 0 aliphatic carbocycles. The average molecular weight is 358 g/mol. The summed E-state index contributed by atoms with van der Waals surface area (Å²) in [5, 5.41) is 7.47. The van der Waals surface area contributed by atoms with Crippen molar-refractivity contribution in [1.29, 1.82) is 0 Å². The lowest BCUT2D eigenvalue weighted by molar-refractivity contribution is -0.113. The van der Waals surface area contributed by atoms with Crippen molar-refractivity contribution in [3.8, 4) is 0 Å². The van der Waals surface area contributed by atoms with E-state index >= 15 is 0 Å². The Morgan fingerprint density at radius 3 is 2.88 bits per heavy atom. The number of aryl methyl sites for hydroxylation is 1. The number of hydrogen-bond donors (Lipinski definition) is 1. The van der Waals surface area contributed by atoms with Crippen LogP contribution in [-0.2, 0) is 11.3 Å². The standard InChI is InChI=1S/C17H18N4O3S/c1-3-8-21-16(23)12-6-4-5-7-13(12)18-17(21)25-10-14(22)19-15-9-11(2)20-24-15/h4-7,9H,3,8,10H2,1-2H3,(H,19,22). The third-order valence-electron chi connectivity index (χ3n) is 3.50. The van der Waals surface area contributed by atoms with Crippen molar-refractivity contribution in [2.24, 2.45) is 0 Å². The molecule has 1 aromatic carbocycles. The Morgan fingerprint density at radius 1 is 1.36 bits per heavy atom. The molecule has 0 saturated carbocycles. The summed E-state index contributed by atoms with van der Waals surface area (Å²) in [5.74, 6) is 0.181. The number of thioether (sulfide) groups is 1. The first-order valence-electron chi connectivity index (χ1n) is 7.94. The van der Waals surface area contributed by atoms with E-state index in [9.17, 15) is 9.59 Å². The number of aromatic nitrogens is 3. The summed E-state index contributed by atoms with van der Waals surface area (Å²) in [7, 11) is 0. The van der Waals surface area contributed by atoms with Crippen molar-refractivity contribution < 1.29 is 9.32 Å². The van der Waals surface area contributed by atoms with Crippen molar-refractivity contribution in [2.45, 2.75) is 32.0 Å². The van der Waals surface area contributed by atoms with E-state index < -0.39 is 0 Å². The predicted octanol–water partition coefficient (Wildman–Crippen LogP) is 2.83. The minimum atomic E-state index is -0.244. The predicted molar refractivity (Wildman–Crippen MR) is 96.9 cm³/mol. The van der Waals surface area contributed by atoms with Crippen LogP contribution < -0.4 is 10.9 Å². The molecule has 130 valence electrons. The van der Waals surface area contributed by atoms with E-state index in [4.69, 9.17) is 4.52 Å². The van der Waals surface area contributed by atoms with Crippen molar-refractivity contribution in [2.75, 3.05) is 11.1 Å². The molecule has 0 radical (unpaired) electrons. The van der Waals surface area contributed by atoms with E-state index in [-0.39, 0.29) is 17.2 Å². The van der Waals surface area contributed by atoms with Gasteiger partial charge in [-0.25, -0.2) is 4.98 Å². The van der Waals surface area contributed by atoms with Gasteiger partial charge in [0.25, 0.3) is 5.56 Å². The third-order valence-corrected chi connectivity index (χ3v) is 4.47.